The molecule has 0 saturated heterocycles. The first-order chi connectivity index (χ1) is 8.13. The van der Waals surface area contributed by atoms with E-state index in [0.29, 0.717) is 16.0 Å². The molecule has 0 aliphatic rings. The minimum absolute atomic E-state index is 0.447. The Hall–Kier alpha value is -1.38. The molecule has 1 aromatic carbocycles. The predicted octanol–water partition coefficient (Wildman–Crippen LogP) is 4.26. The van der Waals surface area contributed by atoms with E-state index >= 15 is 0 Å². The molecule has 1 aromatic heterocycles. The number of hydrogen-bond donors (Lipinski definition) is 0. The lowest BCUT2D eigenvalue weighted by Crippen LogP contribution is -1.90. The highest BCUT2D eigenvalue weighted by molar-refractivity contribution is 6.30. The molecule has 2 aromatic rings. The Morgan fingerprint density at radius 3 is 2.59 bits per heavy atom. The van der Waals surface area contributed by atoms with Gasteiger partial charge in [0.2, 0.25) is 0 Å². The quantitative estimate of drug-likeness (QED) is 0.758. The second-order valence-electron chi connectivity index (χ2n) is 3.58. The number of hydrogen-bond acceptors (Lipinski definition) is 2. The maximum atomic E-state index is 5.89. The molecule has 0 radical (unpaired) electrons. The SMILES string of the molecule is Cc1cc(Cl)nc(/C=C/c2cccc(Cl)c2)n1. The lowest BCUT2D eigenvalue weighted by atomic mass is 10.2. The normalized spacial score (nSPS) is 11.0. The van der Waals surface area contributed by atoms with Gasteiger partial charge in [0.25, 0.3) is 0 Å². The molecule has 0 atom stereocenters. The van der Waals surface area contributed by atoms with E-state index in [1.807, 2.05) is 43.3 Å². The van der Waals surface area contributed by atoms with E-state index in [-0.39, 0.29) is 0 Å². The number of rotatable bonds is 2. The molecule has 0 spiro atoms. The van der Waals surface area contributed by atoms with Crippen LogP contribution < -0.4 is 0 Å². The van der Waals surface area contributed by atoms with Crippen LogP contribution in [-0.2, 0) is 0 Å². The summed E-state index contributed by atoms with van der Waals surface area (Å²) in [6.45, 7) is 1.88. The largest absolute Gasteiger partial charge is 0.234 e. The molecule has 0 N–H and O–H groups in total. The first-order valence-corrected chi connectivity index (χ1v) is 5.84. The molecule has 2 nitrogen and oxygen atoms in total. The summed E-state index contributed by atoms with van der Waals surface area (Å²) in [6, 6.07) is 9.28. The third-order valence-electron chi connectivity index (χ3n) is 2.11. The third-order valence-corrected chi connectivity index (χ3v) is 2.54. The zero-order valence-corrected chi connectivity index (χ0v) is 10.7. The third kappa shape index (κ3) is 3.55. The summed E-state index contributed by atoms with van der Waals surface area (Å²) in [5.41, 5.74) is 1.84. The number of aryl methyl sites for hydroxylation is 1. The molecule has 0 bridgehead atoms. The fourth-order valence-corrected chi connectivity index (χ4v) is 1.85. The number of nitrogens with zero attached hydrogens (tertiary/aromatic N) is 2. The molecule has 4 heteroatoms. The first kappa shape index (κ1) is 12.1. The molecule has 17 heavy (non-hydrogen) atoms. The molecule has 2 rings (SSSR count). The van der Waals surface area contributed by atoms with Gasteiger partial charge in [0.1, 0.15) is 5.15 Å². The Balaban J connectivity index is 2.25. The maximum absolute atomic E-state index is 5.89. The Morgan fingerprint density at radius 2 is 1.88 bits per heavy atom. The lowest BCUT2D eigenvalue weighted by Gasteiger charge is -1.97. The molecule has 0 unspecified atom stereocenters. The number of benzene rings is 1. The van der Waals surface area contributed by atoms with Crippen molar-refractivity contribution in [1.82, 2.24) is 9.97 Å². The van der Waals surface area contributed by atoms with Crippen LogP contribution in [0.25, 0.3) is 12.2 Å². The van der Waals surface area contributed by atoms with Gasteiger partial charge in [-0.3, -0.25) is 0 Å². The Bertz CT molecular complexity index is 545. The summed E-state index contributed by atoms with van der Waals surface area (Å²) in [6.07, 6.45) is 3.71. The standard InChI is InChI=1S/C13H10Cl2N2/c1-9-7-12(15)17-13(16-9)6-5-10-3-2-4-11(14)8-10/h2-8H,1H3/b6-5+. The second-order valence-corrected chi connectivity index (χ2v) is 4.40. The lowest BCUT2D eigenvalue weighted by molar-refractivity contribution is 1.08. The predicted molar refractivity (Wildman–Crippen MR) is 72.2 cm³/mol. The van der Waals surface area contributed by atoms with Crippen molar-refractivity contribution in [3.05, 3.63) is 57.6 Å². The zero-order valence-electron chi connectivity index (χ0n) is 9.19. The van der Waals surface area contributed by atoms with E-state index in [4.69, 9.17) is 23.2 Å². The highest BCUT2D eigenvalue weighted by Gasteiger charge is 1.96. The minimum Gasteiger partial charge on any atom is -0.234 e. The first-order valence-electron chi connectivity index (χ1n) is 5.08. The summed E-state index contributed by atoms with van der Waals surface area (Å²) in [7, 11) is 0. The van der Waals surface area contributed by atoms with Gasteiger partial charge in [-0.2, -0.15) is 0 Å². The summed E-state index contributed by atoms with van der Waals surface area (Å²) in [5.74, 6) is 0.593. The van der Waals surface area contributed by atoms with Crippen molar-refractivity contribution in [2.75, 3.05) is 0 Å². The van der Waals surface area contributed by atoms with Crippen molar-refractivity contribution in [3.8, 4) is 0 Å². The molecular formula is C13H10Cl2N2. The van der Waals surface area contributed by atoms with Gasteiger partial charge >= 0.3 is 0 Å². The van der Waals surface area contributed by atoms with Crippen LogP contribution >= 0.6 is 23.2 Å². The molecule has 0 aliphatic carbocycles. The minimum atomic E-state index is 0.447. The van der Waals surface area contributed by atoms with Crippen molar-refractivity contribution in [1.29, 1.82) is 0 Å². The molecule has 1 heterocycles. The molecule has 86 valence electrons. The number of aromatic nitrogens is 2. The Kier molecular flexibility index (Phi) is 3.77. The smallest absolute Gasteiger partial charge is 0.153 e. The Morgan fingerprint density at radius 1 is 1.06 bits per heavy atom. The molecule has 0 saturated carbocycles. The second kappa shape index (κ2) is 5.30. The van der Waals surface area contributed by atoms with Crippen molar-refractivity contribution >= 4 is 35.4 Å². The van der Waals surface area contributed by atoms with E-state index in [1.165, 1.54) is 0 Å². The van der Waals surface area contributed by atoms with Crippen LogP contribution in [0, 0.1) is 6.92 Å². The van der Waals surface area contributed by atoms with E-state index in [0.717, 1.165) is 11.3 Å². The topological polar surface area (TPSA) is 25.8 Å². The van der Waals surface area contributed by atoms with E-state index < -0.39 is 0 Å². The maximum Gasteiger partial charge on any atom is 0.153 e. The highest BCUT2D eigenvalue weighted by atomic mass is 35.5. The van der Waals surface area contributed by atoms with Gasteiger partial charge in [0, 0.05) is 10.7 Å². The number of halogens is 2. The van der Waals surface area contributed by atoms with Crippen LogP contribution in [0.2, 0.25) is 10.2 Å². The van der Waals surface area contributed by atoms with Gasteiger partial charge in [0.15, 0.2) is 5.82 Å². The van der Waals surface area contributed by atoms with E-state index in [9.17, 15) is 0 Å². The fraction of sp³-hybridized carbons (Fsp3) is 0.0769. The van der Waals surface area contributed by atoms with E-state index in [2.05, 4.69) is 9.97 Å². The average Bonchev–Trinajstić information content (AvgIpc) is 2.25. The van der Waals surface area contributed by atoms with E-state index in [1.54, 1.807) is 6.07 Å². The van der Waals surface area contributed by atoms with Crippen LogP contribution in [0.3, 0.4) is 0 Å². The van der Waals surface area contributed by atoms with Crippen LogP contribution in [0.5, 0.6) is 0 Å². The monoisotopic (exact) mass is 264 g/mol. The molecule has 0 amide bonds. The summed E-state index contributed by atoms with van der Waals surface area (Å²) in [4.78, 5) is 8.36. The fourth-order valence-electron chi connectivity index (χ4n) is 1.41. The summed E-state index contributed by atoms with van der Waals surface area (Å²) >= 11 is 11.7. The average molecular weight is 265 g/mol. The van der Waals surface area contributed by atoms with Gasteiger partial charge in [-0.05, 0) is 36.8 Å². The van der Waals surface area contributed by atoms with Gasteiger partial charge in [-0.25, -0.2) is 9.97 Å². The molecule has 0 aliphatic heterocycles. The van der Waals surface area contributed by atoms with Crippen molar-refractivity contribution in [3.63, 3.8) is 0 Å². The summed E-state index contributed by atoms with van der Waals surface area (Å²) in [5, 5.41) is 1.15. The highest BCUT2D eigenvalue weighted by Crippen LogP contribution is 2.13. The van der Waals surface area contributed by atoms with Gasteiger partial charge in [0.05, 0.1) is 0 Å². The van der Waals surface area contributed by atoms with Crippen molar-refractivity contribution < 1.29 is 0 Å². The molecular weight excluding hydrogens is 255 g/mol. The zero-order chi connectivity index (χ0) is 12.3. The van der Waals surface area contributed by atoms with Gasteiger partial charge in [-0.1, -0.05) is 41.4 Å². The Labute approximate surface area is 110 Å². The van der Waals surface area contributed by atoms with Crippen LogP contribution in [0.4, 0.5) is 0 Å². The summed E-state index contributed by atoms with van der Waals surface area (Å²) < 4.78 is 0. The van der Waals surface area contributed by atoms with Crippen molar-refractivity contribution in [2.24, 2.45) is 0 Å². The van der Waals surface area contributed by atoms with Gasteiger partial charge < -0.3 is 0 Å². The van der Waals surface area contributed by atoms with Crippen LogP contribution in [0.15, 0.2) is 30.3 Å². The van der Waals surface area contributed by atoms with Gasteiger partial charge in [-0.15, -0.1) is 0 Å². The van der Waals surface area contributed by atoms with Crippen LogP contribution in [0.1, 0.15) is 17.1 Å². The van der Waals surface area contributed by atoms with Crippen molar-refractivity contribution in [2.45, 2.75) is 6.92 Å². The van der Waals surface area contributed by atoms with Crippen LogP contribution in [-0.4, -0.2) is 9.97 Å². The molecule has 0 fully saturated rings.